The lowest BCUT2D eigenvalue weighted by Gasteiger charge is -2.23. The highest BCUT2D eigenvalue weighted by molar-refractivity contribution is 7.09. The van der Waals surface area contributed by atoms with Gasteiger partial charge in [-0.2, -0.15) is 0 Å². The number of hydrogen-bond donors (Lipinski definition) is 2. The van der Waals surface area contributed by atoms with Gasteiger partial charge in [-0.15, -0.1) is 0 Å². The van der Waals surface area contributed by atoms with Crippen molar-refractivity contribution >= 4 is 22.9 Å². The molecule has 1 amide bonds. The third-order valence-electron chi connectivity index (χ3n) is 3.38. The molecule has 116 valence electrons. The van der Waals surface area contributed by atoms with Gasteiger partial charge in [-0.3, -0.25) is 9.59 Å². The zero-order valence-electron chi connectivity index (χ0n) is 12.6. The molecular weight excluding hydrogens is 302 g/mol. The molecule has 2 heterocycles. The molecule has 0 radical (unpaired) electrons. The minimum absolute atomic E-state index is 0.0847. The highest BCUT2D eigenvalue weighted by atomic mass is 32.1. The van der Waals surface area contributed by atoms with Gasteiger partial charge in [-0.05, 0) is 39.2 Å². The first kappa shape index (κ1) is 14.8. The van der Waals surface area contributed by atoms with Gasteiger partial charge >= 0.3 is 4.87 Å². The molecule has 1 aromatic carbocycles. The van der Waals surface area contributed by atoms with Crippen LogP contribution in [0.15, 0.2) is 23.0 Å². The summed E-state index contributed by atoms with van der Waals surface area (Å²) in [4.78, 5) is 29.2. The van der Waals surface area contributed by atoms with Crippen LogP contribution in [0.3, 0.4) is 0 Å². The fourth-order valence-corrected chi connectivity index (χ4v) is 3.33. The van der Waals surface area contributed by atoms with Crippen LogP contribution < -0.4 is 14.9 Å². The lowest BCUT2D eigenvalue weighted by molar-refractivity contribution is -0.122. The maximum absolute atomic E-state index is 11.7. The predicted octanol–water partition coefficient (Wildman–Crippen LogP) is 1.88. The molecule has 6 nitrogen and oxygen atoms in total. The molecule has 0 aliphatic carbocycles. The van der Waals surface area contributed by atoms with Gasteiger partial charge in [0.1, 0.15) is 5.75 Å². The number of anilines is 1. The van der Waals surface area contributed by atoms with Crippen molar-refractivity contribution in [2.24, 2.45) is 0 Å². The number of rotatable bonds is 3. The van der Waals surface area contributed by atoms with E-state index in [-0.39, 0.29) is 10.8 Å². The fraction of sp³-hybridized carbons (Fsp3) is 0.333. The van der Waals surface area contributed by atoms with Crippen molar-refractivity contribution in [2.75, 3.05) is 19.4 Å². The topological polar surface area (TPSA) is 74.4 Å². The molecule has 7 heteroatoms. The van der Waals surface area contributed by atoms with E-state index in [0.717, 1.165) is 16.1 Å². The summed E-state index contributed by atoms with van der Waals surface area (Å²) in [6.07, 6.45) is -0.497. The summed E-state index contributed by atoms with van der Waals surface area (Å²) in [6.45, 7) is 2.38. The zero-order chi connectivity index (χ0) is 15.9. The van der Waals surface area contributed by atoms with Crippen LogP contribution in [0.25, 0.3) is 11.3 Å². The smallest absolute Gasteiger partial charge is 0.305 e. The lowest BCUT2D eigenvalue weighted by Crippen LogP contribution is -2.34. The minimum Gasteiger partial charge on any atom is -0.479 e. The number of benzene rings is 1. The third-order valence-corrected chi connectivity index (χ3v) is 4.25. The molecule has 2 N–H and O–H groups in total. The van der Waals surface area contributed by atoms with Crippen molar-refractivity contribution in [3.63, 3.8) is 0 Å². The number of aromatic amines is 1. The summed E-state index contributed by atoms with van der Waals surface area (Å²) in [5.41, 5.74) is 2.27. The van der Waals surface area contributed by atoms with Gasteiger partial charge < -0.3 is 19.9 Å². The van der Waals surface area contributed by atoms with Crippen LogP contribution in [-0.2, 0) is 11.3 Å². The van der Waals surface area contributed by atoms with Gasteiger partial charge in [0.05, 0.1) is 11.4 Å². The van der Waals surface area contributed by atoms with Gasteiger partial charge in [0.2, 0.25) is 0 Å². The maximum atomic E-state index is 11.7. The largest absolute Gasteiger partial charge is 0.479 e. The van der Waals surface area contributed by atoms with E-state index in [0.29, 0.717) is 18.0 Å². The van der Waals surface area contributed by atoms with Crippen LogP contribution >= 0.6 is 11.3 Å². The van der Waals surface area contributed by atoms with Gasteiger partial charge in [-0.1, -0.05) is 11.3 Å². The van der Waals surface area contributed by atoms with Crippen molar-refractivity contribution in [1.82, 2.24) is 9.88 Å². The van der Waals surface area contributed by atoms with E-state index in [1.807, 2.05) is 37.2 Å². The summed E-state index contributed by atoms with van der Waals surface area (Å²) in [5.74, 6) is 0.472. The van der Waals surface area contributed by atoms with E-state index >= 15 is 0 Å². The number of nitrogens with one attached hydrogen (secondary N) is 2. The molecular formula is C15H17N3O3S. The Morgan fingerprint density at radius 3 is 2.82 bits per heavy atom. The number of carbonyl (C=O) groups excluding carboxylic acids is 1. The molecule has 22 heavy (non-hydrogen) atoms. The standard InChI is InChI=1S/C15H17N3O3S/c1-8-14(19)16-10-6-9(4-5-11(10)21-8)13-12(7-18(2)3)22-15(20)17-13/h4-6,8H,7H2,1-3H3,(H,16,19)(H,17,20). The van der Waals surface area contributed by atoms with Crippen molar-refractivity contribution < 1.29 is 9.53 Å². The monoisotopic (exact) mass is 319 g/mol. The number of fused-ring (bicyclic) bond motifs is 1. The Kier molecular flexibility index (Phi) is 3.76. The average molecular weight is 319 g/mol. The van der Waals surface area contributed by atoms with Crippen molar-refractivity contribution in [3.05, 3.63) is 32.7 Å². The van der Waals surface area contributed by atoms with Crippen LogP contribution in [0.2, 0.25) is 0 Å². The number of ether oxygens (including phenoxy) is 1. The molecule has 1 unspecified atom stereocenters. The van der Waals surface area contributed by atoms with Gasteiger partial charge in [-0.25, -0.2) is 0 Å². The van der Waals surface area contributed by atoms with Gasteiger partial charge in [0.15, 0.2) is 6.10 Å². The number of carbonyl (C=O) groups is 1. The highest BCUT2D eigenvalue weighted by Gasteiger charge is 2.24. The molecule has 1 aliphatic heterocycles. The predicted molar refractivity (Wildman–Crippen MR) is 86.5 cm³/mol. The van der Waals surface area contributed by atoms with E-state index in [1.54, 1.807) is 6.92 Å². The van der Waals surface area contributed by atoms with Crippen LogP contribution in [0.4, 0.5) is 5.69 Å². The van der Waals surface area contributed by atoms with Crippen LogP contribution in [0, 0.1) is 0 Å². The van der Waals surface area contributed by atoms with Crippen LogP contribution in [0.5, 0.6) is 5.75 Å². The molecule has 0 bridgehead atoms. The van der Waals surface area contributed by atoms with E-state index in [1.165, 1.54) is 11.3 Å². The van der Waals surface area contributed by atoms with E-state index in [2.05, 4.69) is 10.3 Å². The molecule has 2 aromatic rings. The van der Waals surface area contributed by atoms with Crippen LogP contribution in [-0.4, -0.2) is 36.0 Å². The number of aromatic nitrogens is 1. The second-order valence-corrected chi connectivity index (χ2v) is 6.58. The Morgan fingerprint density at radius 2 is 2.09 bits per heavy atom. The Balaban J connectivity index is 2.02. The lowest BCUT2D eigenvalue weighted by atomic mass is 10.1. The quantitative estimate of drug-likeness (QED) is 0.906. The van der Waals surface area contributed by atoms with Gasteiger partial charge in [0.25, 0.3) is 5.91 Å². The SMILES string of the molecule is CC1Oc2ccc(-c3[nH]c(=O)sc3CN(C)C)cc2NC1=O. The Bertz CT molecular complexity index is 779. The van der Waals surface area contributed by atoms with Crippen molar-refractivity contribution in [1.29, 1.82) is 0 Å². The number of amides is 1. The molecule has 0 saturated heterocycles. The first-order valence-corrected chi connectivity index (χ1v) is 7.74. The average Bonchev–Trinajstić information content (AvgIpc) is 2.79. The maximum Gasteiger partial charge on any atom is 0.305 e. The molecule has 1 aromatic heterocycles. The molecule has 0 saturated carbocycles. The Morgan fingerprint density at radius 1 is 1.32 bits per heavy atom. The summed E-state index contributed by atoms with van der Waals surface area (Å²) < 4.78 is 5.55. The number of H-pyrrole nitrogens is 1. The van der Waals surface area contributed by atoms with Gasteiger partial charge in [0, 0.05) is 17.0 Å². The van der Waals surface area contributed by atoms with Crippen molar-refractivity contribution in [3.8, 4) is 17.0 Å². The van der Waals surface area contributed by atoms with Crippen molar-refractivity contribution in [2.45, 2.75) is 19.6 Å². The third kappa shape index (κ3) is 2.77. The first-order chi connectivity index (χ1) is 10.4. The van der Waals surface area contributed by atoms with Crippen LogP contribution in [0.1, 0.15) is 11.8 Å². The van der Waals surface area contributed by atoms with E-state index < -0.39 is 6.10 Å². The fourth-order valence-electron chi connectivity index (χ4n) is 2.36. The van der Waals surface area contributed by atoms with E-state index in [4.69, 9.17) is 4.74 Å². The number of nitrogens with zero attached hydrogens (tertiary/aromatic N) is 1. The number of hydrogen-bond acceptors (Lipinski definition) is 5. The normalized spacial score (nSPS) is 17.1. The summed E-state index contributed by atoms with van der Waals surface area (Å²) in [5, 5.41) is 2.82. The Labute approximate surface area is 131 Å². The summed E-state index contributed by atoms with van der Waals surface area (Å²) >= 11 is 1.20. The molecule has 1 atom stereocenters. The summed E-state index contributed by atoms with van der Waals surface area (Å²) in [7, 11) is 3.91. The zero-order valence-corrected chi connectivity index (χ0v) is 13.4. The van der Waals surface area contributed by atoms with E-state index in [9.17, 15) is 9.59 Å². The first-order valence-electron chi connectivity index (χ1n) is 6.92. The summed E-state index contributed by atoms with van der Waals surface area (Å²) in [6, 6.07) is 5.53. The molecule has 0 spiro atoms. The highest BCUT2D eigenvalue weighted by Crippen LogP contribution is 2.34. The molecule has 3 rings (SSSR count). The minimum atomic E-state index is -0.497. The molecule has 1 aliphatic rings. The second-order valence-electron chi connectivity index (χ2n) is 5.51. The second kappa shape index (κ2) is 5.58. The Hall–Kier alpha value is -2.12. The number of thiazole rings is 1. The molecule has 0 fully saturated rings.